The van der Waals surface area contributed by atoms with Gasteiger partial charge < -0.3 is 14.2 Å². The minimum Gasteiger partial charge on any atom is -0.452 e. The van der Waals surface area contributed by atoms with E-state index in [-0.39, 0.29) is 17.8 Å². The number of esters is 1. The summed E-state index contributed by atoms with van der Waals surface area (Å²) >= 11 is 0. The molecule has 7 nitrogen and oxygen atoms in total. The minimum absolute atomic E-state index is 0.0604. The number of ether oxygens (including phenoxy) is 1. The molecule has 2 aromatic carbocycles. The van der Waals surface area contributed by atoms with Crippen molar-refractivity contribution in [2.24, 2.45) is 0 Å². The SMILES string of the molecule is Cc1ccc(-c2cc(C(=O)OCC(=O)N(C)Cc3ccccc3F)c3c(C)noc3n2)cc1. The van der Waals surface area contributed by atoms with Crippen LogP contribution in [0.1, 0.15) is 27.2 Å². The van der Waals surface area contributed by atoms with Gasteiger partial charge in [-0.1, -0.05) is 53.2 Å². The lowest BCUT2D eigenvalue weighted by Gasteiger charge is -2.17. The van der Waals surface area contributed by atoms with Gasteiger partial charge in [-0.15, -0.1) is 0 Å². The van der Waals surface area contributed by atoms with Crippen LogP contribution in [0.4, 0.5) is 4.39 Å². The zero-order valence-corrected chi connectivity index (χ0v) is 18.5. The number of amides is 1. The van der Waals surface area contributed by atoms with Gasteiger partial charge in [-0.2, -0.15) is 0 Å². The van der Waals surface area contributed by atoms with E-state index >= 15 is 0 Å². The summed E-state index contributed by atoms with van der Waals surface area (Å²) in [5.74, 6) is -1.56. The van der Waals surface area contributed by atoms with Crippen molar-refractivity contribution in [1.82, 2.24) is 15.0 Å². The van der Waals surface area contributed by atoms with E-state index in [2.05, 4.69) is 10.1 Å². The van der Waals surface area contributed by atoms with Gasteiger partial charge in [0.2, 0.25) is 0 Å². The molecule has 168 valence electrons. The fourth-order valence-corrected chi connectivity index (χ4v) is 3.41. The maximum atomic E-state index is 13.9. The Morgan fingerprint density at radius 2 is 1.82 bits per heavy atom. The zero-order valence-electron chi connectivity index (χ0n) is 18.5. The van der Waals surface area contributed by atoms with Crippen molar-refractivity contribution >= 4 is 23.0 Å². The first-order valence-corrected chi connectivity index (χ1v) is 10.3. The summed E-state index contributed by atoms with van der Waals surface area (Å²) < 4.78 is 24.4. The molecule has 0 aliphatic heterocycles. The highest BCUT2D eigenvalue weighted by molar-refractivity contribution is 6.04. The number of fused-ring (bicyclic) bond motifs is 1. The van der Waals surface area contributed by atoms with Crippen LogP contribution in [0.5, 0.6) is 0 Å². The van der Waals surface area contributed by atoms with Crippen molar-refractivity contribution in [3.63, 3.8) is 0 Å². The number of carbonyl (C=O) groups excluding carboxylic acids is 2. The van der Waals surface area contributed by atoms with E-state index in [4.69, 9.17) is 9.26 Å². The Bertz CT molecular complexity index is 1330. The number of pyridine rings is 1. The molecule has 0 unspecified atom stereocenters. The lowest BCUT2D eigenvalue weighted by atomic mass is 10.0. The number of aromatic nitrogens is 2. The van der Waals surface area contributed by atoms with Gasteiger partial charge in [0.1, 0.15) is 5.82 Å². The Hall–Kier alpha value is -4.07. The van der Waals surface area contributed by atoms with Crippen LogP contribution in [-0.4, -0.2) is 40.6 Å². The summed E-state index contributed by atoms with van der Waals surface area (Å²) in [5.41, 5.74) is 3.69. The predicted molar refractivity (Wildman–Crippen MR) is 120 cm³/mol. The van der Waals surface area contributed by atoms with Gasteiger partial charge in [0.15, 0.2) is 6.61 Å². The van der Waals surface area contributed by atoms with E-state index in [1.807, 2.05) is 31.2 Å². The number of halogens is 1. The molecule has 0 spiro atoms. The van der Waals surface area contributed by atoms with Gasteiger partial charge in [-0.25, -0.2) is 14.2 Å². The molecule has 0 fully saturated rings. The van der Waals surface area contributed by atoms with Crippen molar-refractivity contribution in [3.8, 4) is 11.3 Å². The highest BCUT2D eigenvalue weighted by Crippen LogP contribution is 2.27. The van der Waals surface area contributed by atoms with Gasteiger partial charge >= 0.3 is 5.97 Å². The summed E-state index contributed by atoms with van der Waals surface area (Å²) in [4.78, 5) is 31.2. The summed E-state index contributed by atoms with van der Waals surface area (Å²) in [6.45, 7) is 3.25. The molecule has 2 aromatic heterocycles. The second-order valence-electron chi connectivity index (χ2n) is 7.79. The molecule has 8 heteroatoms. The Morgan fingerprint density at radius 1 is 1.09 bits per heavy atom. The summed E-state index contributed by atoms with van der Waals surface area (Å²) in [5, 5.41) is 4.34. The van der Waals surface area contributed by atoms with Gasteiger partial charge in [0.05, 0.1) is 22.3 Å². The number of benzene rings is 2. The number of likely N-dealkylation sites (N-methyl/N-ethyl adjacent to an activating group) is 1. The van der Waals surface area contributed by atoms with E-state index in [1.165, 1.54) is 18.0 Å². The van der Waals surface area contributed by atoms with Crippen LogP contribution in [0, 0.1) is 19.7 Å². The molecule has 0 N–H and O–H groups in total. The lowest BCUT2D eigenvalue weighted by molar-refractivity contribution is -0.133. The molecule has 0 radical (unpaired) electrons. The van der Waals surface area contributed by atoms with Crippen molar-refractivity contribution < 1.29 is 23.2 Å². The van der Waals surface area contributed by atoms with Crippen LogP contribution >= 0.6 is 0 Å². The van der Waals surface area contributed by atoms with Gasteiger partial charge in [0.25, 0.3) is 11.6 Å². The average Bonchev–Trinajstić information content (AvgIpc) is 3.19. The topological polar surface area (TPSA) is 85.5 Å². The molecule has 0 atom stereocenters. The van der Waals surface area contributed by atoms with E-state index in [0.717, 1.165) is 11.1 Å². The van der Waals surface area contributed by atoms with Gasteiger partial charge in [-0.3, -0.25) is 4.79 Å². The van der Waals surface area contributed by atoms with Gasteiger partial charge in [-0.05, 0) is 26.0 Å². The second kappa shape index (κ2) is 9.20. The first-order valence-electron chi connectivity index (χ1n) is 10.3. The quantitative estimate of drug-likeness (QED) is 0.406. The number of carbonyl (C=O) groups is 2. The Morgan fingerprint density at radius 3 is 2.55 bits per heavy atom. The van der Waals surface area contributed by atoms with Crippen LogP contribution in [-0.2, 0) is 16.1 Å². The number of hydrogen-bond donors (Lipinski definition) is 0. The smallest absolute Gasteiger partial charge is 0.339 e. The average molecular weight is 447 g/mol. The van der Waals surface area contributed by atoms with Crippen molar-refractivity contribution in [3.05, 3.63) is 82.8 Å². The normalized spacial score (nSPS) is 10.9. The fourth-order valence-electron chi connectivity index (χ4n) is 3.41. The van der Waals surface area contributed by atoms with E-state index in [9.17, 15) is 14.0 Å². The Labute approximate surface area is 189 Å². The van der Waals surface area contributed by atoms with Crippen LogP contribution in [0.15, 0.2) is 59.1 Å². The molecule has 0 saturated carbocycles. The van der Waals surface area contributed by atoms with Gasteiger partial charge in [0, 0.05) is 24.7 Å². The highest BCUT2D eigenvalue weighted by atomic mass is 19.1. The van der Waals surface area contributed by atoms with E-state index < -0.39 is 24.3 Å². The third-order valence-corrected chi connectivity index (χ3v) is 5.30. The fraction of sp³-hybridized carbons (Fsp3) is 0.200. The third kappa shape index (κ3) is 4.74. The zero-order chi connectivity index (χ0) is 23.5. The molecule has 33 heavy (non-hydrogen) atoms. The minimum atomic E-state index is -0.699. The standard InChI is InChI=1S/C25H22FN3O4/c1-15-8-10-17(11-9-15)21-12-19(23-16(2)28-33-24(23)27-21)25(31)32-14-22(30)29(3)13-18-6-4-5-7-20(18)26/h4-12H,13-14H2,1-3H3. The number of nitrogens with zero attached hydrogens (tertiary/aromatic N) is 3. The molecular weight excluding hydrogens is 425 g/mol. The monoisotopic (exact) mass is 447 g/mol. The molecule has 0 aliphatic carbocycles. The van der Waals surface area contributed by atoms with E-state index in [0.29, 0.717) is 22.3 Å². The first-order chi connectivity index (χ1) is 15.8. The molecule has 0 aliphatic rings. The van der Waals surface area contributed by atoms with Crippen LogP contribution in [0.25, 0.3) is 22.4 Å². The number of aryl methyl sites for hydroxylation is 2. The summed E-state index contributed by atoms with van der Waals surface area (Å²) in [7, 11) is 1.52. The molecule has 0 saturated heterocycles. The summed E-state index contributed by atoms with van der Waals surface area (Å²) in [6, 6.07) is 15.5. The molecule has 2 heterocycles. The van der Waals surface area contributed by atoms with Crippen molar-refractivity contribution in [1.29, 1.82) is 0 Å². The van der Waals surface area contributed by atoms with Crippen molar-refractivity contribution in [2.45, 2.75) is 20.4 Å². The van der Waals surface area contributed by atoms with Crippen LogP contribution < -0.4 is 0 Å². The van der Waals surface area contributed by atoms with Crippen LogP contribution in [0.3, 0.4) is 0 Å². The number of hydrogen-bond acceptors (Lipinski definition) is 6. The molecule has 1 amide bonds. The largest absolute Gasteiger partial charge is 0.452 e. The molecular formula is C25H22FN3O4. The third-order valence-electron chi connectivity index (χ3n) is 5.30. The molecule has 4 aromatic rings. The maximum Gasteiger partial charge on any atom is 0.339 e. The second-order valence-corrected chi connectivity index (χ2v) is 7.79. The highest BCUT2D eigenvalue weighted by Gasteiger charge is 2.22. The first kappa shape index (κ1) is 22.1. The molecule has 0 bridgehead atoms. The lowest BCUT2D eigenvalue weighted by Crippen LogP contribution is -2.31. The maximum absolute atomic E-state index is 13.9. The predicted octanol–water partition coefficient (Wildman–Crippen LogP) is 4.46. The Balaban J connectivity index is 1.53. The Kier molecular flexibility index (Phi) is 6.17. The molecule has 4 rings (SSSR count). The van der Waals surface area contributed by atoms with Crippen LogP contribution in [0.2, 0.25) is 0 Å². The van der Waals surface area contributed by atoms with E-state index in [1.54, 1.807) is 31.2 Å². The summed E-state index contributed by atoms with van der Waals surface area (Å²) in [6.07, 6.45) is 0. The van der Waals surface area contributed by atoms with Crippen molar-refractivity contribution in [2.75, 3.05) is 13.7 Å². The number of rotatable bonds is 6.